The number of carbonyl (C=O) groups is 14. The van der Waals surface area contributed by atoms with Crippen molar-refractivity contribution in [3.63, 3.8) is 0 Å². The van der Waals surface area contributed by atoms with E-state index in [1.807, 2.05) is 152 Å². The van der Waals surface area contributed by atoms with Crippen LogP contribution in [-0.2, 0) is 133 Å². The van der Waals surface area contributed by atoms with E-state index in [2.05, 4.69) is 83.1 Å². The molecule has 14 aliphatic rings. The van der Waals surface area contributed by atoms with Crippen molar-refractivity contribution in [2.24, 2.45) is 128 Å². The fourth-order valence-corrected chi connectivity index (χ4v) is 19.5. The minimum absolute atomic E-state index is 0.0570. The maximum Gasteiger partial charge on any atom is 0.169 e. The molecule has 0 aliphatic carbocycles. The van der Waals surface area contributed by atoms with Gasteiger partial charge in [0.25, 0.3) is 0 Å². The Balaban J connectivity index is 0.000000809. The molecule has 14 rings (SSSR count). The molecule has 0 aromatic heterocycles. The van der Waals surface area contributed by atoms with Gasteiger partial charge in [0.1, 0.15) is 83.2 Å². The van der Waals surface area contributed by atoms with Crippen LogP contribution >= 0.6 is 0 Å². The summed E-state index contributed by atoms with van der Waals surface area (Å²) in [6.45, 7) is 83.5. The van der Waals surface area contributed by atoms with Gasteiger partial charge in [-0.3, -0.25) is 67.1 Å². The number of carbonyl (C=O) groups excluding carboxylic acids is 14. The number of ether oxygens (including phenoxy) is 14. The predicted molar refractivity (Wildman–Crippen MR) is 589 cm³/mol. The van der Waals surface area contributed by atoms with Crippen molar-refractivity contribution in [3.05, 3.63) is 0 Å². The molecule has 14 aliphatic heterocycles. The van der Waals surface area contributed by atoms with E-state index in [0.717, 1.165) is 195 Å². The monoisotopic (exact) mass is 2130 g/mol. The van der Waals surface area contributed by atoms with Crippen molar-refractivity contribution in [1.29, 1.82) is 0 Å². The zero-order valence-electron chi connectivity index (χ0n) is 101. The Labute approximate surface area is 908 Å². The average Bonchev–Trinajstić information content (AvgIpc) is 1.64. The lowest BCUT2D eigenvalue weighted by Crippen LogP contribution is -2.42. The van der Waals surface area contributed by atoms with Gasteiger partial charge in [0.05, 0.1) is 46.2 Å². The summed E-state index contributed by atoms with van der Waals surface area (Å²) in [5, 5.41) is 0. The van der Waals surface area contributed by atoms with E-state index in [1.54, 1.807) is 0 Å². The Bertz CT molecular complexity index is 3560. The molecule has 0 N–H and O–H groups in total. The number of hydrogen-bond donors (Lipinski definition) is 0. The Kier molecular flexibility index (Phi) is 70.7. The van der Waals surface area contributed by atoms with Gasteiger partial charge in [-0.05, 0) is 191 Å². The van der Waals surface area contributed by atoms with Crippen LogP contribution in [0.15, 0.2) is 0 Å². The van der Waals surface area contributed by atoms with Gasteiger partial charge < -0.3 is 66.3 Å². The highest BCUT2D eigenvalue weighted by Gasteiger charge is 2.44. The molecule has 0 aromatic carbocycles. The summed E-state index contributed by atoms with van der Waals surface area (Å²) < 4.78 is 73.9. The van der Waals surface area contributed by atoms with Crippen molar-refractivity contribution >= 4 is 81.0 Å². The highest BCUT2D eigenvalue weighted by molar-refractivity contribution is 5.92. The highest BCUT2D eigenvalue weighted by Crippen LogP contribution is 2.39. The van der Waals surface area contributed by atoms with Crippen LogP contribution in [0.25, 0.3) is 0 Å². The van der Waals surface area contributed by atoms with Crippen molar-refractivity contribution in [3.8, 4) is 0 Å². The third-order valence-corrected chi connectivity index (χ3v) is 30.4. The lowest BCUT2D eigenvalue weighted by molar-refractivity contribution is -0.147. The molecule has 872 valence electrons. The second-order valence-corrected chi connectivity index (χ2v) is 50.0. The van der Waals surface area contributed by atoms with E-state index in [1.165, 1.54) is 0 Å². The van der Waals surface area contributed by atoms with E-state index >= 15 is 0 Å². The Hall–Kier alpha value is -5.18. The van der Waals surface area contributed by atoms with E-state index in [9.17, 15) is 67.1 Å². The standard InChI is InChI=1S/C12H22O2.C11H20O2.4C10H18O2.3C8H14O2.5C7H12O2/c1-8(2)10-5-6-14-7-11(9(3)4)12(10)13;1-7(2)9-5-6-13-11(8(3)4)10(9)12;1-9(2)5-6-12-7-10(3,4)8(9)11;1-9(2)6-5-7-12-10(3,4)8(9)11;1-10(2,3)8-4-6-12-7-5-9(8)11;1-10(2,3)8-7-12-6-4-5-9(8)11;1-6-3-4-10-5-7(2)8(6)9;1-6-4-3-5-10-7(2)8(6)9;1-6(2)8-7(9)4-3-5-10-8;1-5-3-4-9-6(2)7(5)8;1-6-2-4-9-5-3-7(6)8;1-6-5-9-4-2-3-7(6)8;1-6-3-2-4-9-5-7(6)8;1-6-7(8)4-2-3-5-9-6/h8-11H,5-7H2,1-4H3;7-9,11H,5-6H2,1-4H3;2*5-7H2,1-4H3;2*8H,4-7H2,1-3H3;2*6-7H,3-5H2,1-2H3;6,8H,3-5H2,1-2H3;5-6H,3-4H2,1-2H3;4*6H,2-5H2,1H3. The lowest BCUT2D eigenvalue weighted by atomic mass is 9.73. The van der Waals surface area contributed by atoms with Crippen LogP contribution in [0.2, 0.25) is 0 Å². The third-order valence-electron chi connectivity index (χ3n) is 30.4. The summed E-state index contributed by atoms with van der Waals surface area (Å²) >= 11 is 0. The second kappa shape index (κ2) is 74.2. The Morgan fingerprint density at radius 2 is 0.653 bits per heavy atom. The zero-order chi connectivity index (χ0) is 114. The largest absolute Gasteiger partial charge is 0.381 e. The minimum Gasteiger partial charge on any atom is -0.381 e. The molecular weight excluding hydrogens is 1910 g/mol. The number of rotatable bonds is 5. The van der Waals surface area contributed by atoms with Gasteiger partial charge in [-0.25, -0.2) is 0 Å². The molecule has 0 amide bonds. The van der Waals surface area contributed by atoms with Crippen LogP contribution in [0.3, 0.4) is 0 Å². The van der Waals surface area contributed by atoms with Crippen LogP contribution < -0.4 is 0 Å². The van der Waals surface area contributed by atoms with Gasteiger partial charge in [-0.1, -0.05) is 201 Å². The molecule has 14 saturated heterocycles. The predicted octanol–water partition coefficient (Wildman–Crippen LogP) is 22.2. The topological polar surface area (TPSA) is 368 Å². The summed E-state index contributed by atoms with van der Waals surface area (Å²) in [7, 11) is 0. The molecule has 0 saturated carbocycles. The number of Topliss-reactive ketones (excluding diaryl/α,β-unsaturated/α-hetero) is 14. The van der Waals surface area contributed by atoms with Gasteiger partial charge in [-0.2, -0.15) is 0 Å². The Morgan fingerprint density at radius 3 is 1.23 bits per heavy atom. The third kappa shape index (κ3) is 56.8. The summed E-state index contributed by atoms with van der Waals surface area (Å²) in [4.78, 5) is 159. The molecule has 17 unspecified atom stereocenters. The van der Waals surface area contributed by atoms with Crippen LogP contribution in [0, 0.1) is 128 Å². The zero-order valence-corrected chi connectivity index (χ0v) is 101. The number of ketones is 14. The van der Waals surface area contributed by atoms with Gasteiger partial charge in [0.2, 0.25) is 0 Å². The second-order valence-electron chi connectivity index (χ2n) is 50.0. The SMILES string of the molecule is CC(C)(C)C1CCOCCC1=O.CC(C)(C)C1COCCCC1=O.CC(C)C1CCOC(C(C)C)C1=O.CC(C)C1CCOCC(C(C)C)C1=O.CC(C)C1OCCCC1=O.CC1(C)CCCOC(C)(C)C1=O.CC1(C)CCOCC(C)(C)C1=O.CC1CCCOC(C)C1=O.CC1CCCOCC1=O.CC1CCOC(C)C1=O.CC1CCOCC(C)C1=O.CC1CCOCCC1=O.CC1COCCCC1=O.CC1OCCCCC1=O. The smallest absolute Gasteiger partial charge is 0.169 e. The van der Waals surface area contributed by atoms with Gasteiger partial charge in [0, 0.05) is 218 Å². The first-order valence-corrected chi connectivity index (χ1v) is 57.7. The average molecular weight is 2130 g/mol. The fraction of sp³-hybridized carbons (Fsp3) is 0.885. The van der Waals surface area contributed by atoms with Gasteiger partial charge in [-0.15, -0.1) is 0 Å². The lowest BCUT2D eigenvalue weighted by Gasteiger charge is -2.32. The van der Waals surface area contributed by atoms with Crippen molar-refractivity contribution in [2.45, 2.75) is 426 Å². The molecule has 14 fully saturated rings. The normalized spacial score (nSPS) is 30.2. The van der Waals surface area contributed by atoms with Gasteiger partial charge >= 0.3 is 0 Å². The molecule has 0 radical (unpaired) electrons. The van der Waals surface area contributed by atoms with E-state index in [4.69, 9.17) is 66.3 Å². The molecule has 0 spiro atoms. The summed E-state index contributed by atoms with van der Waals surface area (Å²) in [6, 6.07) is 0. The minimum atomic E-state index is -0.583. The first-order valence-electron chi connectivity index (χ1n) is 57.7. The maximum atomic E-state index is 12.1. The number of hydrogen-bond acceptors (Lipinski definition) is 28. The van der Waals surface area contributed by atoms with Crippen LogP contribution in [-0.4, -0.2) is 262 Å². The maximum absolute atomic E-state index is 12.1. The van der Waals surface area contributed by atoms with E-state index in [0.29, 0.717) is 180 Å². The molecule has 0 aromatic rings. The van der Waals surface area contributed by atoms with Crippen LogP contribution in [0.4, 0.5) is 0 Å². The van der Waals surface area contributed by atoms with Crippen LogP contribution in [0.5, 0.6) is 0 Å². The summed E-state index contributed by atoms with van der Waals surface area (Å²) in [6.07, 6.45) is 20.2. The first kappa shape index (κ1) is 143. The molecule has 150 heavy (non-hydrogen) atoms. The van der Waals surface area contributed by atoms with E-state index < -0.39 is 5.60 Å². The van der Waals surface area contributed by atoms with Gasteiger partial charge in [0.15, 0.2) is 40.5 Å². The fourth-order valence-electron chi connectivity index (χ4n) is 19.5. The van der Waals surface area contributed by atoms with Crippen molar-refractivity contribution < 1.29 is 133 Å². The molecule has 28 nitrogen and oxygen atoms in total. The van der Waals surface area contributed by atoms with E-state index in [-0.39, 0.29) is 163 Å². The summed E-state index contributed by atoms with van der Waals surface area (Å²) in [5.74, 6) is 8.55. The van der Waals surface area contributed by atoms with Crippen molar-refractivity contribution in [1.82, 2.24) is 0 Å². The molecule has 0 bridgehead atoms. The molecular formula is C122H216O28. The Morgan fingerprint density at radius 1 is 0.247 bits per heavy atom. The molecule has 17 atom stereocenters. The first-order chi connectivity index (χ1) is 69.9. The molecule has 28 heteroatoms. The summed E-state index contributed by atoms with van der Waals surface area (Å²) in [5.41, 5.74) is -1.15. The highest BCUT2D eigenvalue weighted by atomic mass is 16.5. The van der Waals surface area contributed by atoms with Crippen LogP contribution in [0.1, 0.15) is 390 Å². The quantitative estimate of drug-likeness (QED) is 0.247. The van der Waals surface area contributed by atoms with Crippen molar-refractivity contribution in [2.75, 3.05) is 145 Å². The molecule has 14 heterocycles.